The fourth-order valence-electron chi connectivity index (χ4n) is 1.36. The van der Waals surface area contributed by atoms with Crippen molar-refractivity contribution in [3.05, 3.63) is 22.4 Å². The number of carboxylic acid groups (broad SMARTS) is 1. The quantitative estimate of drug-likeness (QED) is 0.771. The molecule has 7 heteroatoms. The molecule has 1 heterocycles. The number of hydrogen-bond acceptors (Lipinski definition) is 4. The SMILES string of the molecule is CC(=O)N[C@@H](CS(=O)CCc1ccsc1)C(=O)O. The number of amides is 1. The van der Waals surface area contributed by atoms with E-state index in [0.717, 1.165) is 5.56 Å². The van der Waals surface area contributed by atoms with Crippen LogP contribution in [-0.2, 0) is 26.8 Å². The number of nitrogens with one attached hydrogen (secondary N) is 1. The first kappa shape index (κ1) is 14.8. The lowest BCUT2D eigenvalue weighted by molar-refractivity contribution is -0.140. The van der Waals surface area contributed by atoms with E-state index in [4.69, 9.17) is 5.11 Å². The molecule has 2 N–H and O–H groups in total. The van der Waals surface area contributed by atoms with Crippen molar-refractivity contribution < 1.29 is 18.9 Å². The molecule has 0 saturated carbocycles. The summed E-state index contributed by atoms with van der Waals surface area (Å²) in [5.41, 5.74) is 1.10. The van der Waals surface area contributed by atoms with Gasteiger partial charge < -0.3 is 10.4 Å². The monoisotopic (exact) mass is 289 g/mol. The fraction of sp³-hybridized carbons (Fsp3) is 0.455. The van der Waals surface area contributed by atoms with Crippen LogP contribution < -0.4 is 5.32 Å². The van der Waals surface area contributed by atoms with Gasteiger partial charge in [-0.05, 0) is 28.8 Å². The smallest absolute Gasteiger partial charge is 0.327 e. The third-order valence-electron chi connectivity index (χ3n) is 2.23. The van der Waals surface area contributed by atoms with Crippen LogP contribution in [0.1, 0.15) is 12.5 Å². The molecule has 0 bridgehead atoms. The van der Waals surface area contributed by atoms with E-state index in [0.29, 0.717) is 12.2 Å². The maximum Gasteiger partial charge on any atom is 0.327 e. The van der Waals surface area contributed by atoms with Crippen LogP contribution in [0.2, 0.25) is 0 Å². The van der Waals surface area contributed by atoms with Crippen LogP contribution in [0.25, 0.3) is 0 Å². The number of hydrogen-bond donors (Lipinski definition) is 2. The van der Waals surface area contributed by atoms with Crippen LogP contribution in [-0.4, -0.2) is 38.7 Å². The van der Waals surface area contributed by atoms with Gasteiger partial charge in [-0.1, -0.05) is 0 Å². The molecule has 5 nitrogen and oxygen atoms in total. The molecule has 1 amide bonds. The largest absolute Gasteiger partial charge is 0.480 e. The van der Waals surface area contributed by atoms with E-state index >= 15 is 0 Å². The standard InChI is InChI=1S/C11H15NO4S2/c1-8(13)12-10(11(14)15)7-18(16)5-3-9-2-4-17-6-9/h2,4,6,10H,3,5,7H2,1H3,(H,12,13)(H,14,15)/t10-,18?/m0/s1. The maximum atomic E-state index is 11.7. The molecule has 1 rings (SSSR count). The summed E-state index contributed by atoms with van der Waals surface area (Å²) in [6.45, 7) is 1.24. The molecule has 2 atom stereocenters. The molecule has 0 radical (unpaired) electrons. The van der Waals surface area contributed by atoms with Crippen LogP contribution in [0.5, 0.6) is 0 Å². The molecule has 1 aromatic heterocycles. The first-order chi connectivity index (χ1) is 8.49. The Balaban J connectivity index is 2.41. The number of thiophene rings is 1. The van der Waals surface area contributed by atoms with Crippen molar-refractivity contribution in [2.75, 3.05) is 11.5 Å². The molecule has 0 aliphatic carbocycles. The van der Waals surface area contributed by atoms with E-state index in [-0.39, 0.29) is 5.75 Å². The van der Waals surface area contributed by atoms with Gasteiger partial charge in [0.15, 0.2) is 0 Å². The first-order valence-corrected chi connectivity index (χ1v) is 7.78. The third kappa shape index (κ3) is 5.42. The van der Waals surface area contributed by atoms with Crippen molar-refractivity contribution in [3.63, 3.8) is 0 Å². The number of carbonyl (C=O) groups excluding carboxylic acids is 1. The summed E-state index contributed by atoms with van der Waals surface area (Å²) in [7, 11) is -1.26. The second kappa shape index (κ2) is 7.27. The number of carboxylic acids is 1. The maximum absolute atomic E-state index is 11.7. The highest BCUT2D eigenvalue weighted by Gasteiger charge is 2.21. The van der Waals surface area contributed by atoms with Gasteiger partial charge in [0.05, 0.1) is 5.75 Å². The topological polar surface area (TPSA) is 83.5 Å². The van der Waals surface area contributed by atoms with Gasteiger partial charge in [-0.2, -0.15) is 11.3 Å². The van der Waals surface area contributed by atoms with Crippen LogP contribution in [0.3, 0.4) is 0 Å². The molecule has 0 aliphatic heterocycles. The Morgan fingerprint density at radius 1 is 1.56 bits per heavy atom. The Bertz CT molecular complexity index is 430. The first-order valence-electron chi connectivity index (χ1n) is 5.35. The number of aliphatic carboxylic acids is 1. The molecule has 0 aromatic carbocycles. The van der Waals surface area contributed by atoms with Crippen LogP contribution in [0, 0.1) is 0 Å². The van der Waals surface area contributed by atoms with Crippen molar-refractivity contribution in [3.8, 4) is 0 Å². The minimum Gasteiger partial charge on any atom is -0.480 e. The Morgan fingerprint density at radius 2 is 2.28 bits per heavy atom. The lowest BCUT2D eigenvalue weighted by Crippen LogP contribution is -2.43. The molecule has 1 aromatic rings. The van der Waals surface area contributed by atoms with Gasteiger partial charge in [0.25, 0.3) is 0 Å². The van der Waals surface area contributed by atoms with E-state index in [9.17, 15) is 13.8 Å². The number of rotatable bonds is 7. The van der Waals surface area contributed by atoms with Crippen LogP contribution in [0.4, 0.5) is 0 Å². The van der Waals surface area contributed by atoms with E-state index in [2.05, 4.69) is 5.32 Å². The Kier molecular flexibility index (Phi) is 6.00. The normalized spacial score (nSPS) is 13.8. The van der Waals surface area contributed by atoms with Gasteiger partial charge in [0.1, 0.15) is 6.04 Å². The van der Waals surface area contributed by atoms with Crippen LogP contribution in [0.15, 0.2) is 16.8 Å². The molecule has 0 saturated heterocycles. The molecule has 18 heavy (non-hydrogen) atoms. The Morgan fingerprint density at radius 3 is 2.78 bits per heavy atom. The summed E-state index contributed by atoms with van der Waals surface area (Å²) in [5, 5.41) is 15.1. The summed E-state index contributed by atoms with van der Waals surface area (Å²) in [6, 6.07) is 0.871. The van der Waals surface area contributed by atoms with Crippen molar-refractivity contribution in [1.82, 2.24) is 5.32 Å². The van der Waals surface area contributed by atoms with Gasteiger partial charge >= 0.3 is 5.97 Å². The van der Waals surface area contributed by atoms with Crippen molar-refractivity contribution in [2.45, 2.75) is 19.4 Å². The van der Waals surface area contributed by atoms with Gasteiger partial charge in [-0.25, -0.2) is 4.79 Å². The minimum absolute atomic E-state index is 0.0565. The van der Waals surface area contributed by atoms with E-state index < -0.39 is 28.7 Å². The summed E-state index contributed by atoms with van der Waals surface area (Å²) in [4.78, 5) is 21.7. The molecule has 0 aliphatic rings. The van der Waals surface area contributed by atoms with Gasteiger partial charge in [0, 0.05) is 23.5 Å². The van der Waals surface area contributed by atoms with Gasteiger partial charge in [-0.15, -0.1) is 0 Å². The zero-order valence-electron chi connectivity index (χ0n) is 9.92. The van der Waals surface area contributed by atoms with Crippen LogP contribution >= 0.6 is 11.3 Å². The summed E-state index contributed by atoms with van der Waals surface area (Å²) in [6.07, 6.45) is 0.655. The van der Waals surface area contributed by atoms with Crippen molar-refractivity contribution in [1.29, 1.82) is 0 Å². The Hall–Kier alpha value is -1.21. The zero-order chi connectivity index (χ0) is 13.5. The fourth-order valence-corrected chi connectivity index (χ4v) is 3.29. The summed E-state index contributed by atoms with van der Waals surface area (Å²) >= 11 is 1.57. The van der Waals surface area contributed by atoms with E-state index in [1.54, 1.807) is 11.3 Å². The van der Waals surface area contributed by atoms with Crippen molar-refractivity contribution >= 4 is 34.0 Å². The number of carbonyl (C=O) groups is 2. The second-order valence-corrected chi connectivity index (χ2v) is 6.18. The molecular weight excluding hydrogens is 274 g/mol. The van der Waals surface area contributed by atoms with E-state index in [1.807, 2.05) is 16.8 Å². The highest BCUT2D eigenvalue weighted by molar-refractivity contribution is 7.85. The minimum atomic E-state index is -1.26. The van der Waals surface area contributed by atoms with Gasteiger partial charge in [0.2, 0.25) is 5.91 Å². The zero-order valence-corrected chi connectivity index (χ0v) is 11.6. The average Bonchev–Trinajstić information content (AvgIpc) is 2.77. The summed E-state index contributed by atoms with van der Waals surface area (Å²) in [5.74, 6) is -1.24. The van der Waals surface area contributed by atoms with E-state index in [1.165, 1.54) is 6.92 Å². The van der Waals surface area contributed by atoms with Gasteiger partial charge in [-0.3, -0.25) is 9.00 Å². The molecular formula is C11H15NO4S2. The lowest BCUT2D eigenvalue weighted by Gasteiger charge is -2.12. The lowest BCUT2D eigenvalue weighted by atomic mass is 10.3. The third-order valence-corrected chi connectivity index (χ3v) is 4.32. The summed E-state index contributed by atoms with van der Waals surface area (Å²) < 4.78 is 11.7. The Labute approximate surface area is 112 Å². The highest BCUT2D eigenvalue weighted by Crippen LogP contribution is 2.07. The van der Waals surface area contributed by atoms with Crippen molar-refractivity contribution in [2.24, 2.45) is 0 Å². The molecule has 1 unspecified atom stereocenters. The molecule has 0 fully saturated rings. The average molecular weight is 289 g/mol. The molecule has 100 valence electrons. The number of aryl methyl sites for hydroxylation is 1. The predicted molar refractivity (Wildman–Crippen MR) is 71.1 cm³/mol. The second-order valence-electron chi connectivity index (χ2n) is 3.78. The molecule has 0 spiro atoms. The highest BCUT2D eigenvalue weighted by atomic mass is 32.2. The predicted octanol–water partition coefficient (Wildman–Crippen LogP) is 0.629.